The zero-order valence-corrected chi connectivity index (χ0v) is 21.3. The van der Waals surface area contributed by atoms with E-state index in [1.165, 1.54) is 6.33 Å². The van der Waals surface area contributed by atoms with Crippen molar-refractivity contribution in [3.05, 3.63) is 66.7 Å². The van der Waals surface area contributed by atoms with Gasteiger partial charge in [0.05, 0.1) is 19.1 Å². The van der Waals surface area contributed by atoms with Gasteiger partial charge >= 0.3 is 0 Å². The van der Waals surface area contributed by atoms with Crippen LogP contribution in [-0.4, -0.2) is 57.5 Å². The number of anilines is 1. The SMILES string of the molecule is CC.COc1ccc(-c2c(-c3ccccc3)oc3ncnc(NCCCOCCc4nn[nH]n4)c23)cc1. The molecule has 0 aliphatic heterocycles. The van der Waals surface area contributed by atoms with Gasteiger partial charge in [0, 0.05) is 30.7 Å². The number of hydrogen-bond acceptors (Lipinski definition) is 9. The lowest BCUT2D eigenvalue weighted by atomic mass is 9.99. The second-order valence-electron chi connectivity index (χ2n) is 7.77. The van der Waals surface area contributed by atoms with E-state index in [0.29, 0.717) is 37.7 Å². The Kier molecular flexibility index (Phi) is 9.14. The van der Waals surface area contributed by atoms with Gasteiger partial charge < -0.3 is 19.2 Å². The molecule has 2 aromatic carbocycles. The molecule has 0 bridgehead atoms. The lowest BCUT2D eigenvalue weighted by Gasteiger charge is -2.09. The van der Waals surface area contributed by atoms with Crippen molar-refractivity contribution in [3.63, 3.8) is 0 Å². The van der Waals surface area contributed by atoms with Crippen LogP contribution in [0.25, 0.3) is 33.6 Å². The number of nitrogens with zero attached hydrogens (tertiary/aromatic N) is 5. The third-order valence-electron chi connectivity index (χ3n) is 5.52. The minimum atomic E-state index is 0.531. The number of methoxy groups -OCH3 is 1. The fraction of sp³-hybridized carbons (Fsp3) is 0.296. The Morgan fingerprint density at radius 2 is 1.76 bits per heavy atom. The maximum absolute atomic E-state index is 6.27. The van der Waals surface area contributed by atoms with Gasteiger partial charge in [-0.2, -0.15) is 5.21 Å². The van der Waals surface area contributed by atoms with Gasteiger partial charge in [-0.15, -0.1) is 10.2 Å². The number of H-pyrrole nitrogens is 1. The van der Waals surface area contributed by atoms with Crippen molar-refractivity contribution in [2.24, 2.45) is 0 Å². The van der Waals surface area contributed by atoms with Crippen LogP contribution in [0.4, 0.5) is 5.82 Å². The summed E-state index contributed by atoms with van der Waals surface area (Å²) in [7, 11) is 1.66. The average molecular weight is 502 g/mol. The number of rotatable bonds is 11. The van der Waals surface area contributed by atoms with Crippen LogP contribution in [0.1, 0.15) is 26.1 Å². The molecule has 0 fully saturated rings. The van der Waals surface area contributed by atoms with Crippen molar-refractivity contribution in [2.45, 2.75) is 26.7 Å². The highest BCUT2D eigenvalue weighted by Gasteiger charge is 2.22. The molecular weight excluding hydrogens is 470 g/mol. The normalized spacial score (nSPS) is 10.7. The number of fused-ring (bicyclic) bond motifs is 1. The Morgan fingerprint density at radius 3 is 2.49 bits per heavy atom. The molecule has 0 amide bonds. The van der Waals surface area contributed by atoms with Crippen LogP contribution >= 0.6 is 0 Å². The van der Waals surface area contributed by atoms with Crippen LogP contribution < -0.4 is 10.1 Å². The second-order valence-corrected chi connectivity index (χ2v) is 7.77. The predicted octanol–water partition coefficient (Wildman–Crippen LogP) is 5.17. The second kappa shape index (κ2) is 13.1. The van der Waals surface area contributed by atoms with Gasteiger partial charge in [0.2, 0.25) is 5.71 Å². The van der Waals surface area contributed by atoms with Crippen LogP contribution in [0.15, 0.2) is 65.3 Å². The molecule has 0 saturated carbocycles. The maximum atomic E-state index is 6.27. The van der Waals surface area contributed by atoms with Crippen molar-refractivity contribution >= 4 is 16.9 Å². The van der Waals surface area contributed by atoms with Crippen LogP contribution in [0.2, 0.25) is 0 Å². The van der Waals surface area contributed by atoms with Gasteiger partial charge in [-0.05, 0) is 24.1 Å². The van der Waals surface area contributed by atoms with Crippen molar-refractivity contribution in [1.29, 1.82) is 0 Å². The number of tetrazole rings is 1. The van der Waals surface area contributed by atoms with Crippen LogP contribution in [0.3, 0.4) is 0 Å². The molecule has 0 aliphatic rings. The largest absolute Gasteiger partial charge is 0.497 e. The van der Waals surface area contributed by atoms with E-state index in [1.807, 2.05) is 68.4 Å². The number of ether oxygens (including phenoxy) is 2. The zero-order chi connectivity index (χ0) is 25.9. The molecule has 3 aromatic heterocycles. The summed E-state index contributed by atoms with van der Waals surface area (Å²) in [6.07, 6.45) is 2.94. The molecule has 10 heteroatoms. The fourth-order valence-corrected chi connectivity index (χ4v) is 3.83. The third kappa shape index (κ3) is 6.28. The van der Waals surface area contributed by atoms with Gasteiger partial charge in [-0.25, -0.2) is 9.97 Å². The monoisotopic (exact) mass is 501 g/mol. The lowest BCUT2D eigenvalue weighted by Crippen LogP contribution is -2.09. The summed E-state index contributed by atoms with van der Waals surface area (Å²) in [4.78, 5) is 8.94. The third-order valence-corrected chi connectivity index (χ3v) is 5.52. The lowest BCUT2D eigenvalue weighted by molar-refractivity contribution is 0.135. The Hall–Kier alpha value is -4.31. The van der Waals surface area contributed by atoms with Gasteiger partial charge in [0.15, 0.2) is 5.82 Å². The summed E-state index contributed by atoms with van der Waals surface area (Å²) in [6, 6.07) is 17.9. The zero-order valence-electron chi connectivity index (χ0n) is 21.3. The van der Waals surface area contributed by atoms with Crippen LogP contribution in [-0.2, 0) is 11.2 Å². The first-order chi connectivity index (χ1) is 18.3. The van der Waals surface area contributed by atoms with E-state index >= 15 is 0 Å². The van der Waals surface area contributed by atoms with Crippen LogP contribution in [0, 0.1) is 0 Å². The first-order valence-corrected chi connectivity index (χ1v) is 12.3. The Labute approximate surface area is 215 Å². The molecule has 37 heavy (non-hydrogen) atoms. The summed E-state index contributed by atoms with van der Waals surface area (Å²) in [6.45, 7) is 5.83. The average Bonchev–Trinajstić information content (AvgIpc) is 3.63. The first kappa shape index (κ1) is 25.8. The fourth-order valence-electron chi connectivity index (χ4n) is 3.83. The summed E-state index contributed by atoms with van der Waals surface area (Å²) < 4.78 is 17.3. The van der Waals surface area contributed by atoms with Crippen molar-refractivity contribution in [2.75, 3.05) is 32.2 Å². The Bertz CT molecular complexity index is 1350. The Morgan fingerprint density at radius 1 is 0.946 bits per heavy atom. The quantitative estimate of drug-likeness (QED) is 0.236. The van der Waals surface area contributed by atoms with Crippen LogP contribution in [0.5, 0.6) is 5.75 Å². The highest BCUT2D eigenvalue weighted by atomic mass is 16.5. The first-order valence-electron chi connectivity index (χ1n) is 12.3. The number of nitrogens with one attached hydrogen (secondary N) is 2. The van der Waals surface area contributed by atoms with E-state index in [-0.39, 0.29) is 0 Å². The highest BCUT2D eigenvalue weighted by Crippen LogP contribution is 2.42. The topological polar surface area (TPSA) is 124 Å². The maximum Gasteiger partial charge on any atom is 0.232 e. The minimum Gasteiger partial charge on any atom is -0.497 e. The molecule has 0 aliphatic carbocycles. The number of benzene rings is 2. The molecule has 0 spiro atoms. The summed E-state index contributed by atoms with van der Waals surface area (Å²) in [5.74, 6) is 2.90. The molecule has 192 valence electrons. The van der Waals surface area contributed by atoms with E-state index in [0.717, 1.165) is 45.8 Å². The summed E-state index contributed by atoms with van der Waals surface area (Å²) in [5.41, 5.74) is 3.43. The number of furan rings is 1. The number of hydrogen-bond donors (Lipinski definition) is 2. The summed E-state index contributed by atoms with van der Waals surface area (Å²) >= 11 is 0. The van der Waals surface area contributed by atoms with Gasteiger partial charge in [-0.1, -0.05) is 61.5 Å². The molecular formula is C27H31N7O3. The molecule has 0 atom stereocenters. The standard InChI is InChI=1S/C25H25N7O3.C2H6/c1-33-19-10-8-17(9-11-19)21-22-24(26-13-5-14-34-15-12-20-29-31-32-30-20)27-16-28-25(22)35-23(21)18-6-3-2-4-7-18;1-2/h2-4,6-11,16H,5,12-15H2,1H3,(H,26,27,28)(H,29,30,31,32);1-2H3. The van der Waals surface area contributed by atoms with E-state index in [9.17, 15) is 0 Å². The smallest absolute Gasteiger partial charge is 0.232 e. The number of aromatic amines is 1. The van der Waals surface area contributed by atoms with E-state index in [4.69, 9.17) is 13.9 Å². The molecule has 2 N–H and O–H groups in total. The van der Waals surface area contributed by atoms with Crippen molar-refractivity contribution in [3.8, 4) is 28.2 Å². The Balaban J connectivity index is 0.00000156. The molecule has 0 saturated heterocycles. The molecule has 5 rings (SSSR count). The highest BCUT2D eigenvalue weighted by molar-refractivity contribution is 6.05. The van der Waals surface area contributed by atoms with E-state index in [2.05, 4.69) is 35.9 Å². The van der Waals surface area contributed by atoms with E-state index < -0.39 is 0 Å². The molecule has 10 nitrogen and oxygen atoms in total. The van der Waals surface area contributed by atoms with Gasteiger partial charge in [-0.3, -0.25) is 0 Å². The molecule has 0 unspecified atom stereocenters. The van der Waals surface area contributed by atoms with Gasteiger partial charge in [0.25, 0.3) is 0 Å². The summed E-state index contributed by atoms with van der Waals surface area (Å²) in [5, 5.41) is 18.1. The predicted molar refractivity (Wildman–Crippen MR) is 142 cm³/mol. The molecule has 5 aromatic rings. The van der Waals surface area contributed by atoms with Crippen molar-refractivity contribution < 1.29 is 13.9 Å². The van der Waals surface area contributed by atoms with E-state index in [1.54, 1.807) is 7.11 Å². The van der Waals surface area contributed by atoms with Gasteiger partial charge in [0.1, 0.15) is 23.7 Å². The van der Waals surface area contributed by atoms with Crippen molar-refractivity contribution in [1.82, 2.24) is 30.6 Å². The number of aromatic nitrogens is 6. The molecule has 3 heterocycles. The molecule has 0 radical (unpaired) electrons. The minimum absolute atomic E-state index is 0.531.